The highest BCUT2D eigenvalue weighted by atomic mass is 32.2. The fourth-order valence-corrected chi connectivity index (χ4v) is 1.04. The minimum atomic E-state index is 0.178. The number of hydroxylamine groups is 1. The molecule has 0 rings (SSSR count). The Labute approximate surface area is 65.5 Å². The second-order valence-electron chi connectivity index (χ2n) is 1.79. The second-order valence-corrected chi connectivity index (χ2v) is 3.06. The minimum Gasteiger partial charge on any atom is -0.305 e. The van der Waals surface area contributed by atoms with Crippen LogP contribution in [0.5, 0.6) is 0 Å². The van der Waals surface area contributed by atoms with Crippen LogP contribution in [0.3, 0.4) is 0 Å². The van der Waals surface area contributed by atoms with E-state index in [1.165, 1.54) is 11.8 Å². The predicted molar refractivity (Wildman–Crippen MR) is 42.8 cm³/mol. The number of carbonyl (C=O) groups is 1. The molecule has 0 atom stereocenters. The van der Waals surface area contributed by atoms with Gasteiger partial charge in [0.25, 0.3) is 0 Å². The van der Waals surface area contributed by atoms with Crippen molar-refractivity contribution in [3.63, 3.8) is 0 Å². The van der Waals surface area contributed by atoms with Gasteiger partial charge in [0.15, 0.2) is 5.12 Å². The molecule has 0 heterocycles. The van der Waals surface area contributed by atoms with Crippen LogP contribution in [0.4, 0.5) is 0 Å². The van der Waals surface area contributed by atoms with Crippen LogP contribution in [-0.4, -0.2) is 24.5 Å². The monoisotopic (exact) mass is 163 g/mol. The molecule has 0 aromatic carbocycles. The summed E-state index contributed by atoms with van der Waals surface area (Å²) in [6.45, 7) is 2.38. The van der Waals surface area contributed by atoms with Crippen LogP contribution in [0.25, 0.3) is 0 Å². The summed E-state index contributed by atoms with van der Waals surface area (Å²) in [6.07, 6.45) is 0.956. The Morgan fingerprint density at radius 1 is 1.70 bits per heavy atom. The van der Waals surface area contributed by atoms with Gasteiger partial charge >= 0.3 is 0 Å². The third-order valence-electron chi connectivity index (χ3n) is 0.873. The van der Waals surface area contributed by atoms with E-state index in [9.17, 15) is 4.79 Å². The van der Waals surface area contributed by atoms with Gasteiger partial charge in [-0.2, -0.15) is 0 Å². The first-order valence-electron chi connectivity index (χ1n) is 3.16. The van der Waals surface area contributed by atoms with Gasteiger partial charge in [0.1, 0.15) is 0 Å². The van der Waals surface area contributed by atoms with Gasteiger partial charge < -0.3 is 4.84 Å². The zero-order valence-electron chi connectivity index (χ0n) is 6.35. The molecule has 3 nitrogen and oxygen atoms in total. The third-order valence-corrected chi connectivity index (χ3v) is 1.77. The lowest BCUT2D eigenvalue weighted by atomic mass is 10.5. The molecule has 0 aliphatic heterocycles. The molecule has 60 valence electrons. The Hall–Kier alpha value is -0.0600. The van der Waals surface area contributed by atoms with Gasteiger partial charge in [-0.3, -0.25) is 4.79 Å². The number of rotatable bonds is 5. The van der Waals surface area contributed by atoms with Crippen molar-refractivity contribution in [1.29, 1.82) is 0 Å². The topological polar surface area (TPSA) is 38.3 Å². The molecule has 0 unspecified atom stereocenters. The van der Waals surface area contributed by atoms with Crippen LogP contribution in [-0.2, 0) is 9.63 Å². The van der Waals surface area contributed by atoms with E-state index in [0.717, 1.165) is 18.7 Å². The number of hydrogen-bond donors (Lipinski definition) is 1. The molecule has 0 aliphatic rings. The van der Waals surface area contributed by atoms with Crippen molar-refractivity contribution < 1.29 is 9.63 Å². The molecule has 0 aromatic rings. The van der Waals surface area contributed by atoms with Gasteiger partial charge in [-0.25, -0.2) is 5.48 Å². The average molecular weight is 163 g/mol. The van der Waals surface area contributed by atoms with E-state index in [1.807, 2.05) is 0 Å². The molecule has 10 heavy (non-hydrogen) atoms. The summed E-state index contributed by atoms with van der Waals surface area (Å²) in [5, 5.41) is 0.178. The maximum Gasteiger partial charge on any atom is 0.185 e. The van der Waals surface area contributed by atoms with Gasteiger partial charge in [0, 0.05) is 19.2 Å². The summed E-state index contributed by atoms with van der Waals surface area (Å²) in [4.78, 5) is 15.0. The Balaban J connectivity index is 2.84. The first kappa shape index (κ1) is 9.94. The van der Waals surface area contributed by atoms with Crippen LogP contribution in [0, 0.1) is 0 Å². The fourth-order valence-electron chi connectivity index (χ4n) is 0.462. The Morgan fingerprint density at radius 2 is 2.40 bits per heavy atom. The highest BCUT2D eigenvalue weighted by Gasteiger charge is 1.92. The summed E-state index contributed by atoms with van der Waals surface area (Å²) in [5.74, 6) is 0.867. The molecule has 0 aliphatic carbocycles. The lowest BCUT2D eigenvalue weighted by molar-refractivity contribution is -0.109. The Kier molecular flexibility index (Phi) is 7.01. The lowest BCUT2D eigenvalue weighted by Gasteiger charge is -1.98. The summed E-state index contributed by atoms with van der Waals surface area (Å²) < 4.78 is 0. The summed E-state index contributed by atoms with van der Waals surface area (Å²) in [5.41, 5.74) is 2.70. The largest absolute Gasteiger partial charge is 0.305 e. The maximum atomic E-state index is 10.4. The molecule has 4 heteroatoms. The van der Waals surface area contributed by atoms with E-state index >= 15 is 0 Å². The van der Waals surface area contributed by atoms with E-state index in [1.54, 1.807) is 14.0 Å². The summed E-state index contributed by atoms with van der Waals surface area (Å²) >= 11 is 1.35. The van der Waals surface area contributed by atoms with Crippen molar-refractivity contribution in [1.82, 2.24) is 5.48 Å². The molecule has 0 bridgehead atoms. The van der Waals surface area contributed by atoms with Crippen LogP contribution < -0.4 is 5.48 Å². The van der Waals surface area contributed by atoms with Gasteiger partial charge in [-0.05, 0) is 6.42 Å². The smallest absolute Gasteiger partial charge is 0.185 e. The first-order chi connectivity index (χ1) is 4.77. The summed E-state index contributed by atoms with van der Waals surface area (Å²) in [7, 11) is 1.58. The van der Waals surface area contributed by atoms with Crippen molar-refractivity contribution in [3.8, 4) is 0 Å². The third kappa shape index (κ3) is 7.94. The number of carbonyl (C=O) groups excluding carboxylic acids is 1. The van der Waals surface area contributed by atoms with Crippen LogP contribution in [0.15, 0.2) is 0 Å². The summed E-state index contributed by atoms with van der Waals surface area (Å²) in [6, 6.07) is 0. The van der Waals surface area contributed by atoms with E-state index in [0.29, 0.717) is 0 Å². The highest BCUT2D eigenvalue weighted by Crippen LogP contribution is 2.01. The minimum absolute atomic E-state index is 0.178. The van der Waals surface area contributed by atoms with Gasteiger partial charge in [-0.1, -0.05) is 11.8 Å². The molecule has 0 saturated heterocycles. The number of thioether (sulfide) groups is 1. The average Bonchev–Trinajstić information content (AvgIpc) is 1.87. The SMILES string of the molecule is CONCCCSC(C)=O. The maximum absolute atomic E-state index is 10.4. The van der Waals surface area contributed by atoms with Gasteiger partial charge in [0.05, 0.1) is 7.11 Å². The van der Waals surface area contributed by atoms with Gasteiger partial charge in [0.2, 0.25) is 0 Å². The molecule has 0 amide bonds. The Bertz CT molecular complexity index is 97.7. The molecule has 0 spiro atoms. The fraction of sp³-hybridized carbons (Fsp3) is 0.833. The van der Waals surface area contributed by atoms with Crippen molar-refractivity contribution >= 4 is 16.9 Å². The molecular formula is C6H13NO2S. The number of hydrogen-bond acceptors (Lipinski definition) is 4. The molecule has 1 N–H and O–H groups in total. The second kappa shape index (κ2) is 7.05. The Morgan fingerprint density at radius 3 is 2.90 bits per heavy atom. The van der Waals surface area contributed by atoms with Crippen LogP contribution in [0.2, 0.25) is 0 Å². The van der Waals surface area contributed by atoms with Crippen molar-refractivity contribution in [2.45, 2.75) is 13.3 Å². The molecule has 0 aromatic heterocycles. The van der Waals surface area contributed by atoms with E-state index in [4.69, 9.17) is 0 Å². The zero-order chi connectivity index (χ0) is 7.82. The zero-order valence-corrected chi connectivity index (χ0v) is 7.16. The first-order valence-corrected chi connectivity index (χ1v) is 4.15. The quantitative estimate of drug-likeness (QED) is 0.481. The molecular weight excluding hydrogens is 150 g/mol. The molecule has 0 saturated carbocycles. The molecule has 0 radical (unpaired) electrons. The van der Waals surface area contributed by atoms with Crippen LogP contribution >= 0.6 is 11.8 Å². The van der Waals surface area contributed by atoms with Crippen LogP contribution in [0.1, 0.15) is 13.3 Å². The molecule has 0 fully saturated rings. The number of nitrogens with one attached hydrogen (secondary N) is 1. The predicted octanol–water partition coefficient (Wildman–Crippen LogP) is 0.807. The van der Waals surface area contributed by atoms with Crippen molar-refractivity contribution in [2.75, 3.05) is 19.4 Å². The highest BCUT2D eigenvalue weighted by molar-refractivity contribution is 8.13. The van der Waals surface area contributed by atoms with E-state index in [2.05, 4.69) is 10.3 Å². The standard InChI is InChI=1S/C6H13NO2S/c1-6(8)10-5-3-4-7-9-2/h7H,3-5H2,1-2H3. The van der Waals surface area contributed by atoms with E-state index in [-0.39, 0.29) is 5.12 Å². The van der Waals surface area contributed by atoms with E-state index < -0.39 is 0 Å². The van der Waals surface area contributed by atoms with Gasteiger partial charge in [-0.15, -0.1) is 0 Å². The van der Waals surface area contributed by atoms with Crippen molar-refractivity contribution in [2.24, 2.45) is 0 Å². The normalized spacial score (nSPS) is 9.80. The lowest BCUT2D eigenvalue weighted by Crippen LogP contribution is -2.13. The van der Waals surface area contributed by atoms with Crippen molar-refractivity contribution in [3.05, 3.63) is 0 Å².